The summed E-state index contributed by atoms with van der Waals surface area (Å²) in [5.41, 5.74) is 2.36. The van der Waals surface area contributed by atoms with Crippen molar-refractivity contribution in [1.29, 1.82) is 0 Å². The lowest BCUT2D eigenvalue weighted by atomic mass is 10.1. The molecular formula is C20H26NO2+. The van der Waals surface area contributed by atoms with Gasteiger partial charge in [0.2, 0.25) is 0 Å². The first kappa shape index (κ1) is 16.0. The highest BCUT2D eigenvalue weighted by molar-refractivity contribution is 5.70. The van der Waals surface area contributed by atoms with Gasteiger partial charge in [0.05, 0.1) is 0 Å². The maximum absolute atomic E-state index is 6.10. The van der Waals surface area contributed by atoms with Gasteiger partial charge in [-0.3, -0.25) is 0 Å². The summed E-state index contributed by atoms with van der Waals surface area (Å²) in [6.45, 7) is 8.18. The molecule has 0 aliphatic carbocycles. The third kappa shape index (κ3) is 4.34. The second kappa shape index (κ2) is 7.62. The van der Waals surface area contributed by atoms with Gasteiger partial charge in [-0.15, -0.1) is 0 Å². The van der Waals surface area contributed by atoms with Gasteiger partial charge in [0.1, 0.15) is 44.2 Å². The lowest BCUT2D eigenvalue weighted by Crippen LogP contribution is -3.16. The molecule has 0 bridgehead atoms. The average molecular weight is 312 g/mol. The highest BCUT2D eigenvalue weighted by atomic mass is 16.5. The van der Waals surface area contributed by atoms with Crippen molar-refractivity contribution in [2.24, 2.45) is 0 Å². The molecule has 0 aromatic heterocycles. The van der Waals surface area contributed by atoms with E-state index in [1.165, 1.54) is 5.56 Å². The number of hydrogen-bond acceptors (Lipinski definition) is 2. The molecule has 1 unspecified atom stereocenters. The standard InChI is InChI=1S/C20H25NO2/c1-16-14-21(15-17(2)23-16)12-13-22-20-11-7-6-10-19(20)18-8-4-3-5-9-18/h3-11,16-17H,12-15H2,1-2H3/p+1/t16-,17+. The number of quaternary nitrogens is 1. The zero-order chi connectivity index (χ0) is 16.1. The third-order valence-corrected chi connectivity index (χ3v) is 4.30. The maximum Gasteiger partial charge on any atom is 0.137 e. The zero-order valence-electron chi connectivity index (χ0n) is 14.0. The van der Waals surface area contributed by atoms with Crippen LogP contribution in [-0.2, 0) is 4.74 Å². The minimum absolute atomic E-state index is 0.338. The monoisotopic (exact) mass is 312 g/mol. The second-order valence-corrected chi connectivity index (χ2v) is 6.38. The minimum Gasteiger partial charge on any atom is -0.487 e. The number of morpholine rings is 1. The van der Waals surface area contributed by atoms with Gasteiger partial charge in [-0.1, -0.05) is 48.5 Å². The molecule has 1 aliphatic rings. The summed E-state index contributed by atoms with van der Waals surface area (Å²) >= 11 is 0. The quantitative estimate of drug-likeness (QED) is 0.916. The Balaban J connectivity index is 1.61. The Morgan fingerprint density at radius 2 is 1.61 bits per heavy atom. The van der Waals surface area contributed by atoms with Crippen molar-refractivity contribution in [3.05, 3.63) is 54.6 Å². The molecule has 23 heavy (non-hydrogen) atoms. The Bertz CT molecular complexity index is 604. The zero-order valence-corrected chi connectivity index (χ0v) is 14.0. The molecular weight excluding hydrogens is 286 g/mol. The molecule has 1 aliphatic heterocycles. The third-order valence-electron chi connectivity index (χ3n) is 4.30. The lowest BCUT2D eigenvalue weighted by molar-refractivity contribution is -0.915. The van der Waals surface area contributed by atoms with E-state index in [9.17, 15) is 0 Å². The van der Waals surface area contributed by atoms with Gasteiger partial charge in [0.15, 0.2) is 0 Å². The van der Waals surface area contributed by atoms with E-state index < -0.39 is 0 Å². The van der Waals surface area contributed by atoms with Crippen LogP contribution in [0, 0.1) is 0 Å². The van der Waals surface area contributed by atoms with Gasteiger partial charge < -0.3 is 14.4 Å². The molecule has 1 fully saturated rings. The van der Waals surface area contributed by atoms with E-state index in [-0.39, 0.29) is 0 Å². The Morgan fingerprint density at radius 3 is 2.35 bits per heavy atom. The molecule has 2 aromatic rings. The number of nitrogens with one attached hydrogen (secondary N) is 1. The molecule has 3 nitrogen and oxygen atoms in total. The van der Waals surface area contributed by atoms with Crippen LogP contribution in [0.1, 0.15) is 13.8 Å². The van der Waals surface area contributed by atoms with E-state index >= 15 is 0 Å². The fourth-order valence-electron chi connectivity index (χ4n) is 3.35. The first-order valence-corrected chi connectivity index (χ1v) is 8.48. The normalized spacial score (nSPS) is 24.3. The van der Waals surface area contributed by atoms with E-state index in [1.54, 1.807) is 4.90 Å². The van der Waals surface area contributed by atoms with Crippen molar-refractivity contribution in [1.82, 2.24) is 0 Å². The fourth-order valence-corrected chi connectivity index (χ4v) is 3.35. The van der Waals surface area contributed by atoms with Gasteiger partial charge in [-0.2, -0.15) is 0 Å². The van der Waals surface area contributed by atoms with Gasteiger partial charge in [0, 0.05) is 5.56 Å². The smallest absolute Gasteiger partial charge is 0.137 e. The predicted octanol–water partition coefficient (Wildman–Crippen LogP) is 2.42. The Morgan fingerprint density at radius 1 is 0.957 bits per heavy atom. The van der Waals surface area contributed by atoms with Crippen LogP contribution in [0.15, 0.2) is 54.6 Å². The molecule has 122 valence electrons. The van der Waals surface area contributed by atoms with Crippen LogP contribution in [0.4, 0.5) is 0 Å². The minimum atomic E-state index is 0.338. The van der Waals surface area contributed by atoms with Crippen molar-refractivity contribution < 1.29 is 14.4 Å². The van der Waals surface area contributed by atoms with Gasteiger partial charge in [-0.25, -0.2) is 0 Å². The highest BCUT2D eigenvalue weighted by Crippen LogP contribution is 2.29. The first-order valence-electron chi connectivity index (χ1n) is 8.48. The van der Waals surface area contributed by atoms with E-state index in [1.807, 2.05) is 12.1 Å². The molecule has 1 N–H and O–H groups in total. The van der Waals surface area contributed by atoms with Crippen LogP contribution in [0.5, 0.6) is 5.75 Å². The van der Waals surface area contributed by atoms with Gasteiger partial charge in [-0.05, 0) is 25.5 Å². The summed E-state index contributed by atoms with van der Waals surface area (Å²) in [6, 6.07) is 18.7. The van der Waals surface area contributed by atoms with E-state index in [2.05, 4.69) is 56.3 Å². The van der Waals surface area contributed by atoms with Crippen molar-refractivity contribution in [2.45, 2.75) is 26.1 Å². The summed E-state index contributed by atoms with van der Waals surface area (Å²) in [7, 11) is 0. The summed E-state index contributed by atoms with van der Waals surface area (Å²) in [4.78, 5) is 1.56. The largest absolute Gasteiger partial charge is 0.487 e. The molecule has 2 aromatic carbocycles. The van der Waals surface area contributed by atoms with Crippen LogP contribution in [-0.4, -0.2) is 38.4 Å². The maximum atomic E-state index is 6.10. The molecule has 0 saturated carbocycles. The van der Waals surface area contributed by atoms with Crippen LogP contribution in [0.2, 0.25) is 0 Å². The van der Waals surface area contributed by atoms with Crippen LogP contribution < -0.4 is 9.64 Å². The number of ether oxygens (including phenoxy) is 2. The Labute approximate surface area is 138 Å². The molecule has 3 atom stereocenters. The summed E-state index contributed by atoms with van der Waals surface area (Å²) in [6.07, 6.45) is 0.677. The lowest BCUT2D eigenvalue weighted by Gasteiger charge is -2.32. The predicted molar refractivity (Wildman–Crippen MR) is 92.9 cm³/mol. The summed E-state index contributed by atoms with van der Waals surface area (Å²) in [5, 5.41) is 0. The van der Waals surface area contributed by atoms with Crippen molar-refractivity contribution in [2.75, 3.05) is 26.2 Å². The molecule has 0 radical (unpaired) electrons. The van der Waals surface area contributed by atoms with Crippen LogP contribution in [0.3, 0.4) is 0 Å². The number of benzene rings is 2. The molecule has 1 saturated heterocycles. The second-order valence-electron chi connectivity index (χ2n) is 6.38. The summed E-state index contributed by atoms with van der Waals surface area (Å²) in [5.74, 6) is 0.965. The van der Waals surface area contributed by atoms with Crippen molar-refractivity contribution in [3.63, 3.8) is 0 Å². The fraction of sp³-hybridized carbons (Fsp3) is 0.400. The summed E-state index contributed by atoms with van der Waals surface area (Å²) < 4.78 is 11.9. The van der Waals surface area contributed by atoms with E-state index in [0.717, 1.165) is 37.6 Å². The van der Waals surface area contributed by atoms with Crippen LogP contribution in [0.25, 0.3) is 11.1 Å². The molecule has 3 heteroatoms. The van der Waals surface area contributed by atoms with Crippen molar-refractivity contribution in [3.8, 4) is 16.9 Å². The Kier molecular flexibility index (Phi) is 5.31. The molecule has 1 heterocycles. The topological polar surface area (TPSA) is 22.9 Å². The SMILES string of the molecule is C[C@@H]1C[NH+](CCOc2ccccc2-c2ccccc2)C[C@H](C)O1. The molecule has 3 rings (SSSR count). The van der Waals surface area contributed by atoms with E-state index in [0.29, 0.717) is 12.2 Å². The number of para-hydroxylation sites is 1. The van der Waals surface area contributed by atoms with Gasteiger partial charge >= 0.3 is 0 Å². The first-order chi connectivity index (χ1) is 11.2. The molecule has 0 spiro atoms. The average Bonchev–Trinajstić information content (AvgIpc) is 2.55. The number of rotatable bonds is 5. The molecule has 0 amide bonds. The van der Waals surface area contributed by atoms with Crippen molar-refractivity contribution >= 4 is 0 Å². The highest BCUT2D eigenvalue weighted by Gasteiger charge is 2.25. The number of hydrogen-bond donors (Lipinski definition) is 1. The van der Waals surface area contributed by atoms with Crippen LogP contribution >= 0.6 is 0 Å². The Hall–Kier alpha value is -1.84. The van der Waals surface area contributed by atoms with E-state index in [4.69, 9.17) is 9.47 Å². The van der Waals surface area contributed by atoms with Gasteiger partial charge in [0.25, 0.3) is 0 Å².